The van der Waals surface area contributed by atoms with E-state index in [0.717, 1.165) is 36.7 Å². The van der Waals surface area contributed by atoms with Crippen LogP contribution < -0.4 is 10.8 Å². The van der Waals surface area contributed by atoms with Crippen molar-refractivity contribution in [2.75, 3.05) is 0 Å². The minimum Gasteiger partial charge on any atom is -0.461 e. The van der Waals surface area contributed by atoms with Crippen LogP contribution in [0.2, 0.25) is 0 Å². The molecule has 0 radical (unpaired) electrons. The van der Waals surface area contributed by atoms with Gasteiger partial charge in [0.25, 0.3) is 0 Å². The van der Waals surface area contributed by atoms with E-state index in [1.54, 1.807) is 0 Å². The normalized spacial score (nSPS) is 21.9. The van der Waals surface area contributed by atoms with Gasteiger partial charge < -0.3 is 14.0 Å². The molecule has 0 bridgehead atoms. The third-order valence-electron chi connectivity index (χ3n) is 6.33. The van der Waals surface area contributed by atoms with E-state index in [0.29, 0.717) is 6.54 Å². The highest BCUT2D eigenvalue weighted by atomic mass is 16.7. The van der Waals surface area contributed by atoms with Crippen molar-refractivity contribution in [3.63, 3.8) is 0 Å². The summed E-state index contributed by atoms with van der Waals surface area (Å²) in [5.74, 6) is -0.173. The molecule has 1 heterocycles. The highest BCUT2D eigenvalue weighted by Crippen LogP contribution is 2.36. The van der Waals surface area contributed by atoms with Crippen molar-refractivity contribution in [3.8, 4) is 0 Å². The van der Waals surface area contributed by atoms with E-state index in [4.69, 9.17) is 14.0 Å². The Hall–Kier alpha value is -1.37. The summed E-state index contributed by atoms with van der Waals surface area (Å²) in [6.45, 7) is 12.6. The standard InChI is InChI=1S/C22H34BNO4/c1-20(2,19(25)26-18-9-7-8-10-18)24-15-16-11-13-17(14-12-16)23-27-21(3,4)22(5,6)28-23/h11-14,18,24H,7-10,15H2,1-6H3. The zero-order valence-corrected chi connectivity index (χ0v) is 18.1. The van der Waals surface area contributed by atoms with Gasteiger partial charge >= 0.3 is 13.1 Å². The van der Waals surface area contributed by atoms with Gasteiger partial charge in [-0.25, -0.2) is 0 Å². The molecule has 6 heteroatoms. The number of nitrogens with one attached hydrogen (secondary N) is 1. The molecule has 1 aliphatic heterocycles. The van der Waals surface area contributed by atoms with Crippen LogP contribution in [0.4, 0.5) is 0 Å². The van der Waals surface area contributed by atoms with Gasteiger partial charge in [0.05, 0.1) is 11.2 Å². The van der Waals surface area contributed by atoms with Gasteiger partial charge in [-0.1, -0.05) is 24.3 Å². The molecule has 1 saturated carbocycles. The topological polar surface area (TPSA) is 56.8 Å². The molecule has 0 aromatic heterocycles. The fourth-order valence-electron chi connectivity index (χ4n) is 3.47. The zero-order valence-electron chi connectivity index (χ0n) is 18.1. The zero-order chi connectivity index (χ0) is 20.6. The first kappa shape index (κ1) is 21.3. The first-order valence-electron chi connectivity index (χ1n) is 10.4. The molecule has 1 aromatic carbocycles. The summed E-state index contributed by atoms with van der Waals surface area (Å²) in [5, 5.41) is 3.33. The summed E-state index contributed by atoms with van der Waals surface area (Å²) in [6, 6.07) is 8.16. The lowest BCUT2D eigenvalue weighted by molar-refractivity contribution is -0.155. The number of esters is 1. The van der Waals surface area contributed by atoms with Crippen molar-refractivity contribution in [2.24, 2.45) is 0 Å². The molecule has 5 nitrogen and oxygen atoms in total. The monoisotopic (exact) mass is 387 g/mol. The van der Waals surface area contributed by atoms with Gasteiger partial charge in [0.2, 0.25) is 0 Å². The van der Waals surface area contributed by atoms with E-state index < -0.39 is 5.54 Å². The Morgan fingerprint density at radius 1 is 1.11 bits per heavy atom. The molecule has 1 saturated heterocycles. The number of rotatable bonds is 6. The molecule has 1 aromatic rings. The second-order valence-electron chi connectivity index (χ2n) is 9.62. The number of carbonyl (C=O) groups excluding carboxylic acids is 1. The Morgan fingerprint density at radius 3 is 2.18 bits per heavy atom. The van der Waals surface area contributed by atoms with Crippen molar-refractivity contribution >= 4 is 18.6 Å². The van der Waals surface area contributed by atoms with Crippen LogP contribution >= 0.6 is 0 Å². The molecule has 0 amide bonds. The maximum atomic E-state index is 12.5. The number of ether oxygens (including phenoxy) is 1. The van der Waals surface area contributed by atoms with Crippen molar-refractivity contribution in [1.82, 2.24) is 5.32 Å². The summed E-state index contributed by atoms with van der Waals surface area (Å²) in [4.78, 5) is 12.5. The minimum atomic E-state index is -0.715. The van der Waals surface area contributed by atoms with Crippen LogP contribution in [0.5, 0.6) is 0 Å². The van der Waals surface area contributed by atoms with Crippen LogP contribution in [0.1, 0.15) is 72.8 Å². The fourth-order valence-corrected chi connectivity index (χ4v) is 3.47. The van der Waals surface area contributed by atoms with Crippen molar-refractivity contribution < 1.29 is 18.8 Å². The lowest BCUT2D eigenvalue weighted by Crippen LogP contribution is -2.48. The van der Waals surface area contributed by atoms with E-state index in [-0.39, 0.29) is 30.4 Å². The highest BCUT2D eigenvalue weighted by molar-refractivity contribution is 6.62. The summed E-state index contributed by atoms with van der Waals surface area (Å²) >= 11 is 0. The Labute approximate surface area is 169 Å². The predicted molar refractivity (Wildman–Crippen MR) is 111 cm³/mol. The summed E-state index contributed by atoms with van der Waals surface area (Å²) in [5.41, 5.74) is 0.695. The Kier molecular flexibility index (Phi) is 5.95. The second kappa shape index (κ2) is 7.81. The van der Waals surface area contributed by atoms with Crippen LogP contribution in [-0.4, -0.2) is 35.9 Å². The maximum absolute atomic E-state index is 12.5. The summed E-state index contributed by atoms with van der Waals surface area (Å²) in [6.07, 6.45) is 4.37. The van der Waals surface area contributed by atoms with Gasteiger partial charge in [0, 0.05) is 6.54 Å². The van der Waals surface area contributed by atoms with Crippen LogP contribution in [0, 0.1) is 0 Å². The molecule has 1 aliphatic carbocycles. The van der Waals surface area contributed by atoms with Gasteiger partial charge in [0.15, 0.2) is 0 Å². The van der Waals surface area contributed by atoms with Crippen LogP contribution in [0.3, 0.4) is 0 Å². The fraction of sp³-hybridized carbons (Fsp3) is 0.682. The lowest BCUT2D eigenvalue weighted by atomic mass is 9.79. The molecular weight excluding hydrogens is 353 g/mol. The first-order chi connectivity index (χ1) is 13.0. The smallest absolute Gasteiger partial charge is 0.461 e. The average Bonchev–Trinajstić information content (AvgIpc) is 3.19. The molecule has 2 aliphatic rings. The first-order valence-corrected chi connectivity index (χ1v) is 10.4. The number of hydrogen-bond acceptors (Lipinski definition) is 5. The average molecular weight is 387 g/mol. The molecule has 28 heavy (non-hydrogen) atoms. The van der Waals surface area contributed by atoms with Gasteiger partial charge in [0.1, 0.15) is 11.6 Å². The molecule has 3 rings (SSSR count). The molecule has 2 fully saturated rings. The molecule has 0 atom stereocenters. The molecule has 0 unspecified atom stereocenters. The molecular formula is C22H34BNO4. The van der Waals surface area contributed by atoms with E-state index in [9.17, 15) is 4.79 Å². The van der Waals surface area contributed by atoms with Crippen molar-refractivity contribution in [3.05, 3.63) is 29.8 Å². The third kappa shape index (κ3) is 4.61. The van der Waals surface area contributed by atoms with Crippen LogP contribution in [-0.2, 0) is 25.4 Å². The lowest BCUT2D eigenvalue weighted by Gasteiger charge is -2.32. The number of benzene rings is 1. The van der Waals surface area contributed by atoms with Crippen molar-refractivity contribution in [1.29, 1.82) is 0 Å². The molecule has 0 spiro atoms. The maximum Gasteiger partial charge on any atom is 0.494 e. The van der Waals surface area contributed by atoms with Crippen LogP contribution in [0.15, 0.2) is 24.3 Å². The quantitative estimate of drug-likeness (QED) is 0.599. The van der Waals surface area contributed by atoms with Gasteiger partial charge in [-0.2, -0.15) is 0 Å². The Balaban J connectivity index is 1.55. The minimum absolute atomic E-state index is 0.0905. The van der Waals surface area contributed by atoms with Gasteiger partial charge in [-0.3, -0.25) is 10.1 Å². The third-order valence-corrected chi connectivity index (χ3v) is 6.33. The largest absolute Gasteiger partial charge is 0.494 e. The second-order valence-corrected chi connectivity index (χ2v) is 9.62. The van der Waals surface area contributed by atoms with Gasteiger partial charge in [-0.15, -0.1) is 0 Å². The van der Waals surface area contributed by atoms with Gasteiger partial charge in [-0.05, 0) is 78.3 Å². The van der Waals surface area contributed by atoms with Crippen molar-refractivity contribution in [2.45, 2.75) is 96.6 Å². The Morgan fingerprint density at radius 2 is 1.64 bits per heavy atom. The van der Waals surface area contributed by atoms with E-state index >= 15 is 0 Å². The summed E-state index contributed by atoms with van der Waals surface area (Å²) in [7, 11) is -0.357. The van der Waals surface area contributed by atoms with E-state index in [2.05, 4.69) is 33.0 Å². The molecule has 154 valence electrons. The molecule has 1 N–H and O–H groups in total. The summed E-state index contributed by atoms with van der Waals surface area (Å²) < 4.78 is 17.9. The predicted octanol–water partition coefficient (Wildman–Crippen LogP) is 3.34. The SMILES string of the molecule is CC(C)(NCc1ccc(B2OC(C)(C)C(C)(C)O2)cc1)C(=O)OC1CCCC1. The number of hydrogen-bond donors (Lipinski definition) is 1. The van der Waals surface area contributed by atoms with E-state index in [1.807, 2.05) is 38.1 Å². The van der Waals surface area contributed by atoms with E-state index in [1.165, 1.54) is 0 Å². The highest BCUT2D eigenvalue weighted by Gasteiger charge is 2.51. The van der Waals surface area contributed by atoms with Crippen LogP contribution in [0.25, 0.3) is 0 Å². The number of carbonyl (C=O) groups is 1. The Bertz CT molecular complexity index is 677.